The highest BCUT2D eigenvalue weighted by molar-refractivity contribution is 5.82. The molecule has 1 heterocycles. The maximum absolute atomic E-state index is 14.3. The quantitative estimate of drug-likeness (QED) is 0.646. The predicted molar refractivity (Wildman–Crippen MR) is 112 cm³/mol. The van der Waals surface area contributed by atoms with E-state index >= 15 is 0 Å². The van der Waals surface area contributed by atoms with Gasteiger partial charge in [-0.25, -0.2) is 18.4 Å². The van der Waals surface area contributed by atoms with Crippen LogP contribution in [-0.4, -0.2) is 34.7 Å². The van der Waals surface area contributed by atoms with Crippen LogP contribution in [0.1, 0.15) is 28.2 Å². The third kappa shape index (κ3) is 3.21. The SMILES string of the molecule is O=C(O)C1Cc2c(F)ccc(F)c2CN1C(=O)OCC1c2ccccc2-c2ccccc21. The van der Waals surface area contributed by atoms with Gasteiger partial charge in [-0.3, -0.25) is 4.90 Å². The summed E-state index contributed by atoms with van der Waals surface area (Å²) in [4.78, 5) is 25.7. The molecule has 1 unspecified atom stereocenters. The molecule has 0 aromatic heterocycles. The van der Waals surface area contributed by atoms with Crippen molar-refractivity contribution in [1.29, 1.82) is 0 Å². The average Bonchev–Trinajstić information content (AvgIpc) is 3.13. The number of carboxylic acids is 1. The minimum absolute atomic E-state index is 0.00812. The van der Waals surface area contributed by atoms with Crippen LogP contribution in [0.3, 0.4) is 0 Å². The van der Waals surface area contributed by atoms with E-state index in [9.17, 15) is 23.5 Å². The van der Waals surface area contributed by atoms with Crippen molar-refractivity contribution in [2.24, 2.45) is 0 Å². The molecule has 2 aliphatic rings. The first-order chi connectivity index (χ1) is 15.5. The molecule has 0 saturated heterocycles. The number of carbonyl (C=O) groups excluding carboxylic acids is 1. The van der Waals surface area contributed by atoms with Crippen LogP contribution in [0.4, 0.5) is 13.6 Å². The Bertz CT molecular complexity index is 1200. The normalized spacial score (nSPS) is 16.8. The lowest BCUT2D eigenvalue weighted by molar-refractivity contribution is -0.143. The third-order valence-electron chi connectivity index (χ3n) is 6.27. The number of halogens is 2. The van der Waals surface area contributed by atoms with Gasteiger partial charge in [-0.1, -0.05) is 48.5 Å². The van der Waals surface area contributed by atoms with Crippen molar-refractivity contribution in [3.8, 4) is 11.1 Å². The molecule has 1 amide bonds. The van der Waals surface area contributed by atoms with Crippen LogP contribution in [-0.2, 0) is 22.5 Å². The number of ether oxygens (including phenoxy) is 1. The second-order valence-electron chi connectivity index (χ2n) is 7.98. The molecule has 1 aliphatic carbocycles. The van der Waals surface area contributed by atoms with Crippen LogP contribution in [0.15, 0.2) is 60.7 Å². The second-order valence-corrected chi connectivity index (χ2v) is 7.98. The van der Waals surface area contributed by atoms with Gasteiger partial charge in [-0.2, -0.15) is 0 Å². The fourth-order valence-electron chi connectivity index (χ4n) is 4.70. The van der Waals surface area contributed by atoms with Crippen LogP contribution in [0, 0.1) is 11.6 Å². The summed E-state index contributed by atoms with van der Waals surface area (Å²) in [5.41, 5.74) is 4.15. The lowest BCUT2D eigenvalue weighted by Gasteiger charge is -2.34. The molecule has 0 radical (unpaired) electrons. The van der Waals surface area contributed by atoms with Crippen molar-refractivity contribution >= 4 is 12.1 Å². The average molecular weight is 435 g/mol. The van der Waals surface area contributed by atoms with Gasteiger partial charge in [0.15, 0.2) is 0 Å². The van der Waals surface area contributed by atoms with Crippen molar-refractivity contribution in [3.63, 3.8) is 0 Å². The Kier molecular flexibility index (Phi) is 4.89. The number of carbonyl (C=O) groups is 2. The molecule has 162 valence electrons. The summed E-state index contributed by atoms with van der Waals surface area (Å²) < 4.78 is 34.0. The number of fused-ring (bicyclic) bond motifs is 4. The van der Waals surface area contributed by atoms with E-state index in [1.54, 1.807) is 0 Å². The van der Waals surface area contributed by atoms with E-state index in [0.717, 1.165) is 39.3 Å². The van der Waals surface area contributed by atoms with Crippen molar-refractivity contribution in [2.75, 3.05) is 6.61 Å². The van der Waals surface area contributed by atoms with Gasteiger partial charge in [-0.15, -0.1) is 0 Å². The Morgan fingerprint density at radius 1 is 0.906 bits per heavy atom. The van der Waals surface area contributed by atoms with Crippen molar-refractivity contribution in [3.05, 3.63) is 94.6 Å². The largest absolute Gasteiger partial charge is 0.480 e. The van der Waals surface area contributed by atoms with E-state index in [0.29, 0.717) is 0 Å². The summed E-state index contributed by atoms with van der Waals surface area (Å²) >= 11 is 0. The summed E-state index contributed by atoms with van der Waals surface area (Å²) in [6.07, 6.45) is -1.19. The van der Waals surface area contributed by atoms with Crippen LogP contribution in [0.5, 0.6) is 0 Å². The summed E-state index contributed by atoms with van der Waals surface area (Å²) in [7, 11) is 0. The molecular formula is C25H19F2NO4. The summed E-state index contributed by atoms with van der Waals surface area (Å²) in [5, 5.41) is 9.62. The van der Waals surface area contributed by atoms with Crippen LogP contribution in [0.25, 0.3) is 11.1 Å². The van der Waals surface area contributed by atoms with Gasteiger partial charge in [0.05, 0.1) is 6.54 Å². The number of benzene rings is 3. The highest BCUT2D eigenvalue weighted by Gasteiger charge is 2.39. The van der Waals surface area contributed by atoms with Crippen molar-refractivity contribution < 1.29 is 28.2 Å². The smallest absolute Gasteiger partial charge is 0.410 e. The van der Waals surface area contributed by atoms with Crippen molar-refractivity contribution in [2.45, 2.75) is 24.9 Å². The first-order valence-electron chi connectivity index (χ1n) is 10.3. The standard InChI is InChI=1S/C25H19F2NO4/c26-21-9-10-22(27)19-12-28(23(24(29)30)11-18(19)21)25(31)32-13-20-16-7-3-1-5-14(16)15-6-2-4-8-17(15)20/h1-10,20,23H,11-13H2,(H,29,30). The number of amides is 1. The molecular weight excluding hydrogens is 416 g/mol. The van der Waals surface area contributed by atoms with Crippen LogP contribution >= 0.6 is 0 Å². The highest BCUT2D eigenvalue weighted by atomic mass is 19.1. The van der Waals surface area contributed by atoms with E-state index < -0.39 is 29.7 Å². The third-order valence-corrected chi connectivity index (χ3v) is 6.27. The van der Waals surface area contributed by atoms with Gasteiger partial charge in [0, 0.05) is 17.9 Å². The zero-order valence-electron chi connectivity index (χ0n) is 16.9. The van der Waals surface area contributed by atoms with E-state index in [2.05, 4.69) is 0 Å². The number of nitrogens with zero attached hydrogens (tertiary/aromatic N) is 1. The number of rotatable bonds is 3. The summed E-state index contributed by atoms with van der Waals surface area (Å²) in [5.74, 6) is -2.85. The zero-order chi connectivity index (χ0) is 22.4. The number of hydrogen-bond donors (Lipinski definition) is 1. The minimum Gasteiger partial charge on any atom is -0.480 e. The first kappa shape index (κ1) is 20.2. The van der Waals surface area contributed by atoms with Gasteiger partial charge in [-0.05, 0) is 39.9 Å². The minimum atomic E-state index is -1.34. The molecule has 3 aromatic carbocycles. The van der Waals surface area contributed by atoms with E-state index in [4.69, 9.17) is 4.74 Å². The molecule has 5 rings (SSSR count). The first-order valence-corrected chi connectivity index (χ1v) is 10.3. The van der Waals surface area contributed by atoms with Gasteiger partial charge in [0.1, 0.15) is 24.3 Å². The van der Waals surface area contributed by atoms with Gasteiger partial charge >= 0.3 is 12.1 Å². The zero-order valence-corrected chi connectivity index (χ0v) is 16.9. The Labute approximate surface area is 182 Å². The molecule has 1 aliphatic heterocycles. The topological polar surface area (TPSA) is 66.8 Å². The Hall–Kier alpha value is -3.74. The van der Waals surface area contributed by atoms with Gasteiger partial charge in [0.2, 0.25) is 0 Å². The Morgan fingerprint density at radius 2 is 1.47 bits per heavy atom. The molecule has 0 bridgehead atoms. The number of aliphatic carboxylic acids is 1. The monoisotopic (exact) mass is 435 g/mol. The van der Waals surface area contributed by atoms with E-state index in [1.807, 2.05) is 48.5 Å². The predicted octanol–water partition coefficient (Wildman–Crippen LogP) is 4.73. The maximum Gasteiger partial charge on any atom is 0.410 e. The number of hydrogen-bond acceptors (Lipinski definition) is 3. The summed E-state index contributed by atoms with van der Waals surface area (Å²) in [6.45, 7) is -0.360. The Morgan fingerprint density at radius 3 is 2.06 bits per heavy atom. The maximum atomic E-state index is 14.3. The van der Waals surface area contributed by atoms with Gasteiger partial charge < -0.3 is 9.84 Å². The molecule has 5 nitrogen and oxygen atoms in total. The van der Waals surface area contributed by atoms with Gasteiger partial charge in [0.25, 0.3) is 0 Å². The highest BCUT2D eigenvalue weighted by Crippen LogP contribution is 2.44. The van der Waals surface area contributed by atoms with E-state index in [1.165, 1.54) is 0 Å². The Balaban J connectivity index is 1.40. The molecule has 3 aromatic rings. The molecule has 32 heavy (non-hydrogen) atoms. The lowest BCUT2D eigenvalue weighted by Crippen LogP contribution is -2.49. The molecule has 0 saturated carbocycles. The number of carboxylic acid groups (broad SMARTS) is 1. The second kappa shape index (κ2) is 7.75. The lowest BCUT2D eigenvalue weighted by atomic mass is 9.93. The van der Waals surface area contributed by atoms with Crippen LogP contribution in [0.2, 0.25) is 0 Å². The van der Waals surface area contributed by atoms with Crippen molar-refractivity contribution in [1.82, 2.24) is 4.90 Å². The fourth-order valence-corrected chi connectivity index (χ4v) is 4.70. The van der Waals surface area contributed by atoms with E-state index in [-0.39, 0.29) is 36.6 Å². The fraction of sp³-hybridized carbons (Fsp3) is 0.200. The molecule has 0 fully saturated rings. The molecule has 0 spiro atoms. The summed E-state index contributed by atoms with van der Waals surface area (Å²) in [6, 6.07) is 16.3. The molecule has 1 N–H and O–H groups in total. The van der Waals surface area contributed by atoms with Crippen LogP contribution < -0.4 is 0 Å². The molecule has 1 atom stereocenters. The molecule has 7 heteroatoms.